The first-order valence-corrected chi connectivity index (χ1v) is 22.0. The van der Waals surface area contributed by atoms with Crippen LogP contribution < -0.4 is 0 Å². The third-order valence-corrected chi connectivity index (χ3v) is 9.74. The molecule has 4 heteroatoms. The molecule has 0 bridgehead atoms. The van der Waals surface area contributed by atoms with Crippen molar-refractivity contribution in [2.45, 2.75) is 265 Å². The van der Waals surface area contributed by atoms with E-state index in [0.29, 0.717) is 19.4 Å². The Morgan fingerprint density at radius 3 is 0.833 bits per heavy atom. The second-order valence-corrected chi connectivity index (χ2v) is 14.8. The smallest absolute Gasteiger partial charge is 0.305 e. The molecule has 0 heterocycles. The molecule has 0 atom stereocenters. The number of unbranched alkanes of at least 4 members (excludes halogenated alkanes) is 33. The van der Waals surface area contributed by atoms with Crippen LogP contribution in [0, 0.1) is 0 Å². The Morgan fingerprint density at radius 1 is 0.333 bits per heavy atom. The van der Waals surface area contributed by atoms with E-state index in [-0.39, 0.29) is 5.97 Å². The van der Waals surface area contributed by atoms with E-state index in [4.69, 9.17) is 9.84 Å². The Bertz CT molecular complexity index is 605. The van der Waals surface area contributed by atoms with Gasteiger partial charge in [0.1, 0.15) is 0 Å². The summed E-state index contributed by atoms with van der Waals surface area (Å²) in [6.07, 6.45) is 48.6. The van der Waals surface area contributed by atoms with E-state index in [1.165, 1.54) is 205 Å². The Kier molecular flexibility index (Phi) is 46.9. The van der Waals surface area contributed by atoms with E-state index < -0.39 is 5.97 Å². The van der Waals surface area contributed by atoms with Gasteiger partial charge in [0.05, 0.1) is 6.61 Å². The lowest BCUT2D eigenvalue weighted by Gasteiger charge is -2.06. The van der Waals surface area contributed by atoms with Gasteiger partial charge in [-0.3, -0.25) is 9.59 Å². The number of esters is 1. The summed E-state index contributed by atoms with van der Waals surface area (Å²) in [5.41, 5.74) is 0. The minimum absolute atomic E-state index is 0.0257. The topological polar surface area (TPSA) is 63.6 Å². The molecule has 0 aromatic carbocycles. The van der Waals surface area contributed by atoms with Gasteiger partial charge in [-0.2, -0.15) is 0 Å². The van der Waals surface area contributed by atoms with Gasteiger partial charge in [0, 0.05) is 12.8 Å². The maximum absolute atomic E-state index is 11.9. The van der Waals surface area contributed by atoms with E-state index in [0.717, 1.165) is 25.7 Å². The molecule has 0 radical (unpaired) electrons. The largest absolute Gasteiger partial charge is 0.481 e. The molecule has 0 aliphatic heterocycles. The zero-order valence-corrected chi connectivity index (χ0v) is 33.2. The van der Waals surface area contributed by atoms with Crippen LogP contribution in [-0.2, 0) is 14.3 Å². The van der Waals surface area contributed by atoms with Crippen LogP contribution >= 0.6 is 0 Å². The first-order chi connectivity index (χ1) is 23.6. The Labute approximate surface area is 302 Å². The highest BCUT2D eigenvalue weighted by Gasteiger charge is 2.03. The van der Waals surface area contributed by atoms with Gasteiger partial charge in [0.15, 0.2) is 0 Å². The second-order valence-electron chi connectivity index (χ2n) is 14.8. The van der Waals surface area contributed by atoms with Crippen LogP contribution in [0.2, 0.25) is 0 Å². The molecule has 0 aromatic rings. The van der Waals surface area contributed by atoms with Gasteiger partial charge in [0.2, 0.25) is 0 Å². The number of carbonyl (C=O) groups is 2. The van der Waals surface area contributed by atoms with E-state index in [1.54, 1.807) is 0 Å². The van der Waals surface area contributed by atoms with Gasteiger partial charge in [-0.1, -0.05) is 233 Å². The Hall–Kier alpha value is -1.06. The highest BCUT2D eigenvalue weighted by molar-refractivity contribution is 5.69. The van der Waals surface area contributed by atoms with Crippen LogP contribution in [0.1, 0.15) is 265 Å². The summed E-state index contributed by atoms with van der Waals surface area (Å²) in [6, 6.07) is 0. The number of rotatable bonds is 39. The van der Waals surface area contributed by atoms with Crippen molar-refractivity contribution in [3.8, 4) is 0 Å². The molecule has 288 valence electrons. The predicted octanol–water partition coefficient (Wildman–Crippen LogP) is 15.5. The van der Waals surface area contributed by atoms with Crippen LogP contribution in [0.25, 0.3) is 0 Å². The zero-order chi connectivity index (χ0) is 35.4. The van der Waals surface area contributed by atoms with Crippen molar-refractivity contribution in [2.75, 3.05) is 6.61 Å². The van der Waals surface area contributed by atoms with Crippen molar-refractivity contribution in [2.24, 2.45) is 0 Å². The van der Waals surface area contributed by atoms with Crippen molar-refractivity contribution < 1.29 is 19.4 Å². The summed E-state index contributed by atoms with van der Waals surface area (Å²) >= 11 is 0. The fraction of sp³-hybridized carbons (Fsp3) is 0.955. The van der Waals surface area contributed by atoms with Crippen molar-refractivity contribution in [1.29, 1.82) is 0 Å². The van der Waals surface area contributed by atoms with E-state index >= 15 is 0 Å². The lowest BCUT2D eigenvalue weighted by molar-refractivity contribution is -0.144. The third kappa shape index (κ3) is 49.3. The minimum Gasteiger partial charge on any atom is -0.481 e. The van der Waals surface area contributed by atoms with Gasteiger partial charge in [-0.15, -0.1) is 0 Å². The molecule has 0 aliphatic carbocycles. The van der Waals surface area contributed by atoms with E-state index in [1.807, 2.05) is 0 Å². The molecule has 0 unspecified atom stereocenters. The van der Waals surface area contributed by atoms with Crippen molar-refractivity contribution in [3.63, 3.8) is 0 Å². The van der Waals surface area contributed by atoms with Gasteiger partial charge < -0.3 is 9.84 Å². The first kappa shape index (κ1) is 49.1. The van der Waals surface area contributed by atoms with Gasteiger partial charge in [0.25, 0.3) is 0 Å². The number of hydrogen-bond acceptors (Lipinski definition) is 3. The van der Waals surface area contributed by atoms with Crippen molar-refractivity contribution in [1.82, 2.24) is 0 Å². The number of carboxylic acid groups (broad SMARTS) is 1. The highest BCUT2D eigenvalue weighted by Crippen LogP contribution is 2.15. The summed E-state index contributed by atoms with van der Waals surface area (Å²) in [7, 11) is 0. The monoisotopic (exact) mass is 681 g/mol. The third-order valence-electron chi connectivity index (χ3n) is 9.74. The summed E-state index contributed by atoms with van der Waals surface area (Å²) in [6.45, 7) is 7.43. The quantitative estimate of drug-likeness (QED) is 0.0518. The van der Waals surface area contributed by atoms with Crippen LogP contribution in [0.5, 0.6) is 0 Å². The molecule has 0 fully saturated rings. The molecule has 0 saturated heterocycles. The molecular formula is C44H88O4. The molecule has 0 aliphatic rings. The summed E-state index contributed by atoms with van der Waals surface area (Å²) in [5.74, 6) is -0.634. The van der Waals surface area contributed by atoms with Crippen LogP contribution in [0.15, 0.2) is 0 Å². The predicted molar refractivity (Wildman–Crippen MR) is 211 cm³/mol. The average molecular weight is 681 g/mol. The van der Waals surface area contributed by atoms with Crippen LogP contribution in [0.3, 0.4) is 0 Å². The average Bonchev–Trinajstić information content (AvgIpc) is 3.08. The highest BCUT2D eigenvalue weighted by atomic mass is 16.5. The maximum atomic E-state index is 11.9. The fourth-order valence-corrected chi connectivity index (χ4v) is 6.43. The molecule has 0 amide bonds. The van der Waals surface area contributed by atoms with E-state index in [9.17, 15) is 9.59 Å². The number of ether oxygens (including phenoxy) is 1. The molecule has 0 saturated carbocycles. The van der Waals surface area contributed by atoms with Crippen molar-refractivity contribution >= 4 is 11.9 Å². The normalized spacial score (nSPS) is 11.0. The zero-order valence-electron chi connectivity index (χ0n) is 33.2. The van der Waals surface area contributed by atoms with Crippen LogP contribution in [0.4, 0.5) is 0 Å². The fourth-order valence-electron chi connectivity index (χ4n) is 6.43. The molecule has 0 spiro atoms. The standard InChI is InChI=1S/C32H64O2.C12H24O2/c1-3-5-7-9-11-13-15-17-19-21-23-25-27-29-31-34-32(33)30-28-26-24-22-20-18-16-14-12-10-8-6-4-2;1-2-3-4-5-6-7-8-9-10-11-12(13)14/h3-31H2,1-2H3;2-11H2,1H3,(H,13,14). The van der Waals surface area contributed by atoms with Crippen molar-refractivity contribution in [3.05, 3.63) is 0 Å². The van der Waals surface area contributed by atoms with Crippen LogP contribution in [-0.4, -0.2) is 23.7 Å². The number of carbonyl (C=O) groups excluding carboxylic acids is 1. The molecule has 48 heavy (non-hydrogen) atoms. The molecule has 0 rings (SSSR count). The van der Waals surface area contributed by atoms with Gasteiger partial charge in [-0.05, 0) is 19.3 Å². The second kappa shape index (κ2) is 45.9. The minimum atomic E-state index is -0.659. The molecule has 1 N–H and O–H groups in total. The lowest BCUT2D eigenvalue weighted by Crippen LogP contribution is -2.05. The number of hydrogen-bond donors (Lipinski definition) is 1. The van der Waals surface area contributed by atoms with E-state index in [2.05, 4.69) is 20.8 Å². The Balaban J connectivity index is 0. The Morgan fingerprint density at radius 2 is 0.562 bits per heavy atom. The lowest BCUT2D eigenvalue weighted by atomic mass is 10.0. The molecule has 0 aromatic heterocycles. The SMILES string of the molecule is CCCCCCCCCCCC(=O)O.CCCCCCCCCCCCCCCCOC(=O)CCCCCCCCCCCCCCC. The number of aliphatic carboxylic acids is 1. The number of carboxylic acids is 1. The summed E-state index contributed by atoms with van der Waals surface area (Å²) < 4.78 is 5.42. The van der Waals surface area contributed by atoms with Gasteiger partial charge in [-0.25, -0.2) is 0 Å². The van der Waals surface area contributed by atoms with Gasteiger partial charge >= 0.3 is 11.9 Å². The first-order valence-electron chi connectivity index (χ1n) is 22.0. The molecular weight excluding hydrogens is 592 g/mol. The summed E-state index contributed by atoms with van der Waals surface area (Å²) in [5, 5.41) is 8.41. The maximum Gasteiger partial charge on any atom is 0.305 e. The molecule has 4 nitrogen and oxygen atoms in total. The summed E-state index contributed by atoms with van der Waals surface area (Å²) in [4.78, 5) is 22.1.